The topological polar surface area (TPSA) is 301 Å². The van der Waals surface area contributed by atoms with Crippen molar-refractivity contribution < 1.29 is 14.3 Å². The molecule has 2 fully saturated rings. The monoisotopic (exact) mass is 1960 g/mol. The molecule has 149 heavy (non-hydrogen) atoms. The highest BCUT2D eigenvalue weighted by Gasteiger charge is 2.47. The summed E-state index contributed by atoms with van der Waals surface area (Å²) in [4.78, 5) is 131. The van der Waals surface area contributed by atoms with Gasteiger partial charge in [0.2, 0.25) is 0 Å². The number of hydrogen-bond acceptors (Lipinski definition) is 20. The van der Waals surface area contributed by atoms with Crippen LogP contribution >= 0.6 is 0 Å². The first-order valence-corrected chi connectivity index (χ1v) is 50.0. The molecule has 2 spiro atoms. The Labute approximate surface area is 858 Å². The fraction of sp³-hybridized carbons (Fsp3) is 0.260. The minimum atomic E-state index is -0.419. The maximum Gasteiger partial charge on any atom is 0.294 e. The molecule has 734 valence electrons. The second-order valence-corrected chi connectivity index (χ2v) is 40.7. The summed E-state index contributed by atoms with van der Waals surface area (Å²) in [5.74, 6) is 41.7. The third-order valence-electron chi connectivity index (χ3n) is 28.8. The molecule has 12 aromatic heterocycles. The van der Waals surface area contributed by atoms with E-state index < -0.39 is 5.60 Å². The Hall–Kier alpha value is -17.8. The molecule has 1 saturated heterocycles. The predicted octanol–water partition coefficient (Wildman–Crippen LogP) is 15.6. The second-order valence-electron chi connectivity index (χ2n) is 40.7. The summed E-state index contributed by atoms with van der Waals surface area (Å²) in [7, 11) is 1.71. The lowest BCUT2D eigenvalue weighted by Gasteiger charge is -2.37. The maximum absolute atomic E-state index is 12.9. The van der Waals surface area contributed by atoms with Gasteiger partial charge in [-0.1, -0.05) is 99.1 Å². The number of ether oxygens (including phenoxy) is 2. The zero-order chi connectivity index (χ0) is 103. The fourth-order valence-corrected chi connectivity index (χ4v) is 20.0. The summed E-state index contributed by atoms with van der Waals surface area (Å²) in [5, 5.41) is 4.88. The SMILES string of the molecule is CC1(C)Cc2nc3cc(C#Cc4ccccn4)ccc3c(=O)n2O1.CC1Cc2cc3cc(C#Cc4ccccn4)ccc3c(=O)n2C1.CCC1(C)Cc2nc3cc(C#Cc4ccccn4)ccc3c(=O)n2C1.COC(C)(C)C1Cc2nc3cc(C#Cc4ccccn4)ccc3c(=O)n2C1.O=c1c2ccc(C#Cc3ccccn3)cc2nc2n1CC1(CCC1)C2.O=c1c2ccc(C#Cc3ccccn3)cc2nc2n1CC1(COC1)C2. The number of rotatable bonds is 3. The van der Waals surface area contributed by atoms with Gasteiger partial charge in [0.25, 0.3) is 33.4 Å². The molecule has 0 radical (unpaired) electrons. The van der Waals surface area contributed by atoms with Crippen molar-refractivity contribution in [2.45, 2.75) is 157 Å². The summed E-state index contributed by atoms with van der Waals surface area (Å²) in [6, 6.07) is 69.5. The number of fused-ring (bicyclic) bond motifs is 12. The average molecular weight is 1960 g/mol. The van der Waals surface area contributed by atoms with Crippen LogP contribution in [-0.4, -0.2) is 114 Å². The third-order valence-corrected chi connectivity index (χ3v) is 28.8. The quantitative estimate of drug-likeness (QED) is 0.148. The van der Waals surface area contributed by atoms with E-state index in [9.17, 15) is 28.8 Å². The normalized spacial score (nSPS) is 16.5. The molecule has 3 atom stereocenters. The molecule has 6 aromatic carbocycles. The Balaban J connectivity index is 0.000000105. The third kappa shape index (κ3) is 21.1. The first-order chi connectivity index (χ1) is 72.2. The highest BCUT2D eigenvalue weighted by molar-refractivity contribution is 5.86. The first kappa shape index (κ1) is 97.3. The van der Waals surface area contributed by atoms with Gasteiger partial charge in [-0.25, -0.2) is 54.8 Å². The largest absolute Gasteiger partial charge is 0.403 e. The maximum atomic E-state index is 12.9. The van der Waals surface area contributed by atoms with Crippen molar-refractivity contribution in [2.75, 3.05) is 20.3 Å². The smallest absolute Gasteiger partial charge is 0.294 e. The summed E-state index contributed by atoms with van der Waals surface area (Å²) in [6.45, 7) is 19.8. The molecular formula is C123H103N17O9. The van der Waals surface area contributed by atoms with Gasteiger partial charge in [0.15, 0.2) is 5.82 Å². The van der Waals surface area contributed by atoms with Gasteiger partial charge < -0.3 is 18.9 Å². The molecule has 26 heteroatoms. The van der Waals surface area contributed by atoms with Crippen LogP contribution in [0.25, 0.3) is 65.3 Å². The van der Waals surface area contributed by atoms with Gasteiger partial charge in [-0.05, 0) is 299 Å². The van der Waals surface area contributed by atoms with Gasteiger partial charge >= 0.3 is 0 Å². The summed E-state index contributed by atoms with van der Waals surface area (Å²) >= 11 is 0. The van der Waals surface area contributed by atoms with Crippen molar-refractivity contribution in [3.8, 4) is 71.0 Å². The average Bonchev–Trinajstić information content (AvgIpc) is 1.59. The van der Waals surface area contributed by atoms with Crippen molar-refractivity contribution >= 4 is 65.3 Å². The zero-order valence-electron chi connectivity index (χ0n) is 83.8. The van der Waals surface area contributed by atoms with Crippen molar-refractivity contribution in [1.82, 2.24) is 82.4 Å². The van der Waals surface area contributed by atoms with Crippen LogP contribution in [0.15, 0.2) is 290 Å². The molecule has 26 rings (SSSR count). The Morgan fingerprint density at radius 1 is 0.362 bits per heavy atom. The van der Waals surface area contributed by atoms with E-state index in [1.807, 2.05) is 244 Å². The molecule has 0 bridgehead atoms. The summed E-state index contributed by atoms with van der Waals surface area (Å²) in [6.07, 6.45) is 19.9. The van der Waals surface area contributed by atoms with E-state index in [2.05, 4.69) is 147 Å². The minimum Gasteiger partial charge on any atom is -0.403 e. The minimum absolute atomic E-state index is 0.00800. The van der Waals surface area contributed by atoms with Crippen LogP contribution in [-0.2, 0) is 80.7 Å². The number of hydrogen-bond donors (Lipinski definition) is 0. The van der Waals surface area contributed by atoms with Crippen molar-refractivity contribution in [3.05, 3.63) is 426 Å². The Kier molecular flexibility index (Phi) is 26.8. The lowest BCUT2D eigenvalue weighted by atomic mass is 9.68. The predicted molar refractivity (Wildman–Crippen MR) is 574 cm³/mol. The highest BCUT2D eigenvalue weighted by Crippen LogP contribution is 2.48. The van der Waals surface area contributed by atoms with Gasteiger partial charge in [-0.2, -0.15) is 0 Å². The molecule has 8 aliphatic rings. The van der Waals surface area contributed by atoms with Crippen LogP contribution in [0.3, 0.4) is 0 Å². The molecule has 1 saturated carbocycles. The van der Waals surface area contributed by atoms with E-state index in [1.54, 1.807) is 54.9 Å². The molecule has 0 amide bonds. The fourth-order valence-electron chi connectivity index (χ4n) is 20.0. The zero-order valence-corrected chi connectivity index (χ0v) is 83.8. The number of benzene rings is 6. The van der Waals surface area contributed by atoms with Crippen LogP contribution in [0.5, 0.6) is 0 Å². The van der Waals surface area contributed by atoms with E-state index in [1.165, 1.54) is 24.0 Å². The lowest BCUT2D eigenvalue weighted by Crippen LogP contribution is -2.44. The molecular weight excluding hydrogens is 1860 g/mol. The summed E-state index contributed by atoms with van der Waals surface area (Å²) in [5.41, 5.74) is 13.9. The van der Waals surface area contributed by atoms with E-state index >= 15 is 0 Å². The lowest BCUT2D eigenvalue weighted by molar-refractivity contribution is -0.111. The number of aromatic nitrogens is 17. The highest BCUT2D eigenvalue weighted by atomic mass is 16.7. The molecule has 3 unspecified atom stereocenters. The molecule has 0 N–H and O–H groups in total. The number of pyridine rings is 7. The van der Waals surface area contributed by atoms with E-state index in [-0.39, 0.29) is 55.7 Å². The van der Waals surface area contributed by atoms with Crippen LogP contribution in [0.4, 0.5) is 0 Å². The Morgan fingerprint density at radius 2 is 0.711 bits per heavy atom. The van der Waals surface area contributed by atoms with E-state index in [0.717, 1.165) is 165 Å². The first-order valence-electron chi connectivity index (χ1n) is 50.0. The van der Waals surface area contributed by atoms with Crippen molar-refractivity contribution in [1.29, 1.82) is 0 Å². The second kappa shape index (κ2) is 41.0. The molecule has 26 nitrogen and oxygen atoms in total. The van der Waals surface area contributed by atoms with Gasteiger partial charge in [-0.3, -0.25) is 47.0 Å². The van der Waals surface area contributed by atoms with Crippen LogP contribution in [0.2, 0.25) is 0 Å². The van der Waals surface area contributed by atoms with E-state index in [0.29, 0.717) is 105 Å². The van der Waals surface area contributed by atoms with Crippen LogP contribution < -0.4 is 38.2 Å². The van der Waals surface area contributed by atoms with Crippen LogP contribution in [0.1, 0.15) is 177 Å². The molecule has 7 aliphatic heterocycles. The number of nitrogens with zero attached hydrogens (tertiary/aromatic N) is 17. The van der Waals surface area contributed by atoms with Gasteiger partial charge in [0.05, 0.1) is 79.8 Å². The summed E-state index contributed by atoms with van der Waals surface area (Å²) < 4.78 is 21.5. The van der Waals surface area contributed by atoms with Gasteiger partial charge in [0, 0.05) is 158 Å². The van der Waals surface area contributed by atoms with Crippen LogP contribution in [0, 0.1) is 99.1 Å². The van der Waals surface area contributed by atoms with Crippen molar-refractivity contribution in [2.24, 2.45) is 28.1 Å². The Bertz CT molecular complexity index is 8800. The van der Waals surface area contributed by atoms with Gasteiger partial charge in [-0.15, -0.1) is 4.73 Å². The molecule has 1 aliphatic carbocycles. The van der Waals surface area contributed by atoms with Crippen molar-refractivity contribution in [3.63, 3.8) is 0 Å². The molecule has 18 aromatic rings. The Morgan fingerprint density at radius 3 is 1.08 bits per heavy atom. The number of methoxy groups -OCH3 is 1. The van der Waals surface area contributed by atoms with E-state index in [4.69, 9.17) is 34.2 Å². The van der Waals surface area contributed by atoms with Gasteiger partial charge in [0.1, 0.15) is 63.1 Å². The molecule has 19 heterocycles. The standard InChI is InChI=1S/C22H21N3O2.C21H17N3O.C21H19N3O.C20H15N3O2.C20H16N2O.C19H15N3O2/c1-22(2,27-3)16-13-20-24-19-12-15(7-9-17-6-4-5-11-23-17)8-10-18(19)21(26)25(20)14-16;25-20-17-8-6-15(5-7-16-4-1-2-11-22-16)12-18(17)23-19-13-21(9-3-10-21)14-24(19)20;1-3-21(2)13-19-23-18-12-15(7-9-16-6-4-5-11-22-16)8-10-17(18)20(25)24(19)14-21;24-19-16-7-5-14(4-6-15-3-1-2-8-21-15)9-17(16)22-18-10-20(11-23(18)19)12-25-13-20;1-14-10-18-12-16-11-15(5-7-17-4-2-3-9-21-17)6-8-19(16)20(23)22(18)13-14;1-19(2)12-17-21-16-11-13(6-8-14-5-3-4-10-20-14)7-9-15(16)18(23)22(17)24-19/h4-6,8,10-12,16H,13-14H2,1-3H3;1-2,4,6,8,11-12H,3,9-10,13-14H2;4-6,8,10-12H,3,13-14H2,1-2H3;1-3,5,7-9H,10-13H2;2-4,6,8-9,11-12,14H,10,13H2,1H3;3-5,7,9-11H,12H2,1-2H3.